The van der Waals surface area contributed by atoms with E-state index in [-0.39, 0.29) is 0 Å². The van der Waals surface area contributed by atoms with Crippen molar-refractivity contribution < 1.29 is 0 Å². The van der Waals surface area contributed by atoms with Gasteiger partial charge in [-0.15, -0.1) is 0 Å². The number of hydrogen-bond acceptors (Lipinski definition) is 2. The first-order valence-electron chi connectivity index (χ1n) is 3.42. The van der Waals surface area contributed by atoms with E-state index in [0.29, 0.717) is 5.82 Å². The minimum Gasteiger partial charge on any atom is -0.384 e. The molecule has 0 radical (unpaired) electrons. The van der Waals surface area contributed by atoms with Crippen molar-refractivity contribution in [3.63, 3.8) is 0 Å². The van der Waals surface area contributed by atoms with Crippen LogP contribution in [0.2, 0.25) is 0 Å². The third kappa shape index (κ3) is 5.09. The monoisotopic (exact) mass is 138 g/mol. The molecule has 0 fully saturated rings. The Morgan fingerprint density at radius 3 is 2.80 bits per heavy atom. The first kappa shape index (κ1) is 8.95. The highest BCUT2D eigenvalue weighted by Crippen LogP contribution is 1.83. The molecule has 10 heavy (non-hydrogen) atoms. The molecule has 0 aromatic rings. The number of hydrogen-bond donors (Lipinski definition) is 1. The molecule has 0 unspecified atom stereocenters. The second kappa shape index (κ2) is 6.08. The Morgan fingerprint density at radius 2 is 2.30 bits per heavy atom. The Balaban J connectivity index is 3.66. The van der Waals surface area contributed by atoms with Crippen LogP contribution in [0.5, 0.6) is 0 Å². The number of rotatable bonds is 3. The van der Waals surface area contributed by atoms with Gasteiger partial charge in [0, 0.05) is 6.21 Å². The molecule has 0 aromatic heterocycles. The van der Waals surface area contributed by atoms with Crippen LogP contribution in [0.25, 0.3) is 0 Å². The minimum atomic E-state index is 0.556. The van der Waals surface area contributed by atoms with Crippen LogP contribution in [0, 0.1) is 0 Å². The SMILES string of the molecule is C\C=C(N)/N=C\C=C/CC. The summed E-state index contributed by atoms with van der Waals surface area (Å²) in [6, 6.07) is 0. The molecule has 0 aromatic carbocycles. The topological polar surface area (TPSA) is 38.4 Å². The molecule has 0 saturated carbocycles. The third-order valence-electron chi connectivity index (χ3n) is 0.977. The molecule has 2 heteroatoms. The molecule has 0 amide bonds. The van der Waals surface area contributed by atoms with Crippen molar-refractivity contribution in [2.75, 3.05) is 0 Å². The van der Waals surface area contributed by atoms with Gasteiger partial charge in [0.25, 0.3) is 0 Å². The lowest BCUT2D eigenvalue weighted by atomic mass is 10.4. The zero-order valence-corrected chi connectivity index (χ0v) is 6.54. The van der Waals surface area contributed by atoms with Crippen LogP contribution in [0.3, 0.4) is 0 Å². The quantitative estimate of drug-likeness (QED) is 0.594. The molecule has 56 valence electrons. The predicted octanol–water partition coefficient (Wildman–Crippen LogP) is 1.84. The van der Waals surface area contributed by atoms with E-state index in [1.807, 2.05) is 19.1 Å². The highest BCUT2D eigenvalue weighted by molar-refractivity contribution is 5.71. The van der Waals surface area contributed by atoms with Crippen molar-refractivity contribution in [1.29, 1.82) is 0 Å². The van der Waals surface area contributed by atoms with Gasteiger partial charge in [-0.1, -0.05) is 13.0 Å². The van der Waals surface area contributed by atoms with E-state index in [9.17, 15) is 0 Å². The molecular formula is C8H14N2. The van der Waals surface area contributed by atoms with E-state index in [1.165, 1.54) is 0 Å². The molecule has 0 rings (SSSR count). The minimum absolute atomic E-state index is 0.556. The van der Waals surface area contributed by atoms with Gasteiger partial charge in [-0.25, -0.2) is 4.99 Å². The molecule has 0 spiro atoms. The van der Waals surface area contributed by atoms with E-state index in [0.717, 1.165) is 6.42 Å². The van der Waals surface area contributed by atoms with E-state index in [2.05, 4.69) is 11.9 Å². The van der Waals surface area contributed by atoms with Crippen molar-refractivity contribution in [2.45, 2.75) is 20.3 Å². The summed E-state index contributed by atoms with van der Waals surface area (Å²) >= 11 is 0. The van der Waals surface area contributed by atoms with Crippen LogP contribution in [-0.2, 0) is 0 Å². The van der Waals surface area contributed by atoms with Gasteiger partial charge in [-0.2, -0.15) is 0 Å². The van der Waals surface area contributed by atoms with Crippen LogP contribution < -0.4 is 5.73 Å². The summed E-state index contributed by atoms with van der Waals surface area (Å²) in [5, 5.41) is 0. The van der Waals surface area contributed by atoms with Crippen molar-refractivity contribution >= 4 is 6.21 Å². The molecule has 0 heterocycles. The fraction of sp³-hybridized carbons (Fsp3) is 0.375. The molecule has 0 bridgehead atoms. The fourth-order valence-electron chi connectivity index (χ4n) is 0.401. The Morgan fingerprint density at radius 1 is 1.60 bits per heavy atom. The number of nitrogens with two attached hydrogens (primary N) is 1. The van der Waals surface area contributed by atoms with Gasteiger partial charge in [0.15, 0.2) is 0 Å². The smallest absolute Gasteiger partial charge is 0.118 e. The van der Waals surface area contributed by atoms with Gasteiger partial charge < -0.3 is 5.73 Å². The summed E-state index contributed by atoms with van der Waals surface area (Å²) in [5.41, 5.74) is 5.38. The van der Waals surface area contributed by atoms with Crippen LogP contribution in [-0.4, -0.2) is 6.21 Å². The van der Waals surface area contributed by atoms with Gasteiger partial charge in [-0.05, 0) is 25.5 Å². The summed E-state index contributed by atoms with van der Waals surface area (Å²) in [7, 11) is 0. The highest BCUT2D eigenvalue weighted by atomic mass is 14.9. The molecule has 0 aliphatic rings. The average molecular weight is 138 g/mol. The molecule has 0 saturated heterocycles. The summed E-state index contributed by atoms with van der Waals surface area (Å²) in [5.74, 6) is 0.556. The Labute approximate surface area is 62.1 Å². The van der Waals surface area contributed by atoms with E-state index in [1.54, 1.807) is 12.3 Å². The van der Waals surface area contributed by atoms with Crippen LogP contribution in [0.15, 0.2) is 29.0 Å². The lowest BCUT2D eigenvalue weighted by Gasteiger charge is -1.84. The Hall–Kier alpha value is -1.05. The van der Waals surface area contributed by atoms with Gasteiger partial charge in [0.05, 0.1) is 0 Å². The van der Waals surface area contributed by atoms with E-state index in [4.69, 9.17) is 5.73 Å². The van der Waals surface area contributed by atoms with Gasteiger partial charge >= 0.3 is 0 Å². The molecule has 2 N–H and O–H groups in total. The average Bonchev–Trinajstić information content (AvgIpc) is 1.98. The largest absolute Gasteiger partial charge is 0.384 e. The second-order valence-corrected chi connectivity index (χ2v) is 1.83. The second-order valence-electron chi connectivity index (χ2n) is 1.83. The lowest BCUT2D eigenvalue weighted by Crippen LogP contribution is -1.91. The van der Waals surface area contributed by atoms with Crippen LogP contribution in [0.1, 0.15) is 20.3 Å². The third-order valence-corrected chi connectivity index (χ3v) is 0.977. The summed E-state index contributed by atoms with van der Waals surface area (Å²) in [6.45, 7) is 3.93. The standard InChI is InChI=1S/C8H14N2/c1-3-5-6-7-10-8(9)4-2/h4-7H,3,9H2,1-2H3/b6-5-,8-4-,10-7-. The maximum Gasteiger partial charge on any atom is 0.118 e. The lowest BCUT2D eigenvalue weighted by molar-refractivity contribution is 1.22. The van der Waals surface area contributed by atoms with Gasteiger partial charge in [0.1, 0.15) is 5.82 Å². The number of nitrogens with zero attached hydrogens (tertiary/aromatic N) is 1. The predicted molar refractivity (Wildman–Crippen MR) is 45.9 cm³/mol. The van der Waals surface area contributed by atoms with Crippen molar-refractivity contribution in [3.05, 3.63) is 24.0 Å². The van der Waals surface area contributed by atoms with Crippen molar-refractivity contribution in [1.82, 2.24) is 0 Å². The number of aliphatic imine (C=N–C) groups is 1. The van der Waals surface area contributed by atoms with Crippen LogP contribution >= 0.6 is 0 Å². The maximum absolute atomic E-state index is 5.38. The first-order valence-corrected chi connectivity index (χ1v) is 3.42. The normalized spacial score (nSPS) is 13.6. The summed E-state index contributed by atoms with van der Waals surface area (Å²) in [4.78, 5) is 3.91. The van der Waals surface area contributed by atoms with E-state index >= 15 is 0 Å². The molecular weight excluding hydrogens is 124 g/mol. The van der Waals surface area contributed by atoms with Crippen molar-refractivity contribution in [3.8, 4) is 0 Å². The zero-order chi connectivity index (χ0) is 7.82. The van der Waals surface area contributed by atoms with Gasteiger partial charge in [0.2, 0.25) is 0 Å². The first-order chi connectivity index (χ1) is 4.81. The molecule has 2 nitrogen and oxygen atoms in total. The Kier molecular flexibility index (Phi) is 5.44. The molecule has 0 atom stereocenters. The summed E-state index contributed by atoms with van der Waals surface area (Å²) in [6.07, 6.45) is 8.39. The number of allylic oxidation sites excluding steroid dienone is 3. The fourth-order valence-corrected chi connectivity index (χ4v) is 0.401. The summed E-state index contributed by atoms with van der Waals surface area (Å²) < 4.78 is 0. The Bertz CT molecular complexity index is 155. The molecule has 0 aliphatic carbocycles. The van der Waals surface area contributed by atoms with Crippen molar-refractivity contribution in [2.24, 2.45) is 10.7 Å². The maximum atomic E-state index is 5.38. The molecule has 0 aliphatic heterocycles. The van der Waals surface area contributed by atoms with Gasteiger partial charge in [-0.3, -0.25) is 0 Å². The zero-order valence-electron chi connectivity index (χ0n) is 6.54. The van der Waals surface area contributed by atoms with E-state index < -0.39 is 0 Å². The van der Waals surface area contributed by atoms with Crippen LogP contribution in [0.4, 0.5) is 0 Å². The highest BCUT2D eigenvalue weighted by Gasteiger charge is 1.73.